The van der Waals surface area contributed by atoms with Crippen LogP contribution >= 0.6 is 31.9 Å². The van der Waals surface area contributed by atoms with Crippen molar-refractivity contribution in [2.75, 3.05) is 0 Å². The van der Waals surface area contributed by atoms with Gasteiger partial charge >= 0.3 is 0 Å². The predicted octanol–water partition coefficient (Wildman–Crippen LogP) is 1.82. The molecule has 0 aliphatic heterocycles. The molecule has 0 atom stereocenters. The van der Waals surface area contributed by atoms with Crippen LogP contribution in [0.3, 0.4) is 0 Å². The lowest BCUT2D eigenvalue weighted by Gasteiger charge is -1.75. The first-order valence-corrected chi connectivity index (χ1v) is 2.77. The fourth-order valence-corrected chi connectivity index (χ4v) is 0. The first-order chi connectivity index (χ1) is 2.64. The summed E-state index contributed by atoms with van der Waals surface area (Å²) in [6.45, 7) is 3.27. The van der Waals surface area contributed by atoms with Gasteiger partial charge in [-0.1, -0.05) is 6.58 Å². The molecular formula is C3H2Br2O. The van der Waals surface area contributed by atoms with Crippen molar-refractivity contribution in [2.24, 2.45) is 0 Å². The minimum Gasteiger partial charge on any atom is -0.280 e. The van der Waals surface area contributed by atoms with E-state index in [0.29, 0.717) is 4.48 Å². The summed E-state index contributed by atoms with van der Waals surface area (Å²) in [4.78, 5) is 9.91. The Morgan fingerprint density at radius 3 is 1.67 bits per heavy atom. The smallest absolute Gasteiger partial charge is 0.234 e. The average molecular weight is 214 g/mol. The van der Waals surface area contributed by atoms with E-state index in [9.17, 15) is 4.79 Å². The number of rotatable bonds is 1. The Morgan fingerprint density at radius 2 is 1.67 bits per heavy atom. The van der Waals surface area contributed by atoms with Gasteiger partial charge in [0.2, 0.25) is 4.69 Å². The van der Waals surface area contributed by atoms with Crippen molar-refractivity contribution in [1.82, 2.24) is 0 Å². The van der Waals surface area contributed by atoms with E-state index in [-0.39, 0.29) is 4.69 Å². The Kier molecular flexibility index (Phi) is 2.68. The second kappa shape index (κ2) is 2.53. The highest BCUT2D eigenvalue weighted by atomic mass is 79.9. The minimum atomic E-state index is -0.206. The molecular weight excluding hydrogens is 212 g/mol. The quantitative estimate of drug-likeness (QED) is 0.480. The Morgan fingerprint density at radius 1 is 1.50 bits per heavy atom. The lowest BCUT2D eigenvalue weighted by atomic mass is 10.7. The monoisotopic (exact) mass is 212 g/mol. The van der Waals surface area contributed by atoms with E-state index < -0.39 is 0 Å². The summed E-state index contributed by atoms with van der Waals surface area (Å²) in [6, 6.07) is 0. The molecule has 0 aliphatic rings. The normalized spacial score (nSPS) is 7.67. The van der Waals surface area contributed by atoms with Crippen LogP contribution in [0.25, 0.3) is 0 Å². The van der Waals surface area contributed by atoms with Crippen molar-refractivity contribution in [2.45, 2.75) is 0 Å². The Balaban J connectivity index is 3.57. The zero-order valence-corrected chi connectivity index (χ0v) is 6.04. The van der Waals surface area contributed by atoms with Crippen LogP contribution in [0.1, 0.15) is 0 Å². The molecule has 1 nitrogen and oxygen atoms in total. The molecule has 6 heavy (non-hydrogen) atoms. The van der Waals surface area contributed by atoms with E-state index in [2.05, 4.69) is 38.4 Å². The van der Waals surface area contributed by atoms with Gasteiger partial charge in [-0.2, -0.15) is 0 Å². The molecule has 0 aromatic carbocycles. The molecule has 0 saturated heterocycles. The van der Waals surface area contributed by atoms with E-state index in [1.54, 1.807) is 0 Å². The predicted molar refractivity (Wildman–Crippen MR) is 32.0 cm³/mol. The maximum atomic E-state index is 9.91. The molecule has 3 heteroatoms. The Bertz CT molecular complexity index is 74.8. The van der Waals surface area contributed by atoms with Crippen molar-refractivity contribution in [3.8, 4) is 0 Å². The van der Waals surface area contributed by atoms with Crippen LogP contribution in [-0.2, 0) is 4.79 Å². The van der Waals surface area contributed by atoms with Gasteiger partial charge in [0.1, 0.15) is 0 Å². The first-order valence-electron chi connectivity index (χ1n) is 1.19. The van der Waals surface area contributed by atoms with Crippen LogP contribution in [0.15, 0.2) is 11.1 Å². The SMILES string of the molecule is C=C(Br)C(=O)Br. The van der Waals surface area contributed by atoms with Gasteiger partial charge in [0, 0.05) is 0 Å². The number of halogens is 2. The zero-order valence-electron chi connectivity index (χ0n) is 2.87. The van der Waals surface area contributed by atoms with Gasteiger partial charge in [-0.05, 0) is 31.9 Å². The fourth-order valence-electron chi connectivity index (χ4n) is 0. The van der Waals surface area contributed by atoms with E-state index >= 15 is 0 Å². The van der Waals surface area contributed by atoms with E-state index in [1.165, 1.54) is 0 Å². The number of carbonyl (C=O) groups excluding carboxylic acids is 1. The second-order valence-corrected chi connectivity index (χ2v) is 2.36. The highest BCUT2D eigenvalue weighted by Gasteiger charge is 1.91. The molecule has 0 unspecified atom stereocenters. The average Bonchev–Trinajstić information content (AvgIpc) is 1.36. The highest BCUT2D eigenvalue weighted by molar-refractivity contribution is 9.20. The summed E-state index contributed by atoms with van der Waals surface area (Å²) in [5, 5.41) is 0. The maximum absolute atomic E-state index is 9.91. The maximum Gasteiger partial charge on any atom is 0.234 e. The number of carbonyl (C=O) groups is 1. The number of hydrogen-bond donors (Lipinski definition) is 0. The molecule has 0 heterocycles. The number of hydrogen-bond acceptors (Lipinski definition) is 1. The lowest BCUT2D eigenvalue weighted by Crippen LogP contribution is -1.76. The summed E-state index contributed by atoms with van der Waals surface area (Å²) < 4.78 is 0.144. The molecule has 0 spiro atoms. The number of allylic oxidation sites excluding steroid dienone is 1. The van der Waals surface area contributed by atoms with Gasteiger partial charge in [-0.25, -0.2) is 0 Å². The van der Waals surface area contributed by atoms with E-state index in [4.69, 9.17) is 0 Å². The van der Waals surface area contributed by atoms with Crippen LogP contribution in [0.4, 0.5) is 0 Å². The summed E-state index contributed by atoms with van der Waals surface area (Å²) in [5.74, 6) is 0. The Hall–Kier alpha value is 0.370. The minimum absolute atomic E-state index is 0.206. The zero-order chi connectivity index (χ0) is 5.15. The highest BCUT2D eigenvalue weighted by Crippen LogP contribution is 2.05. The lowest BCUT2D eigenvalue weighted by molar-refractivity contribution is -0.106. The third-order valence-electron chi connectivity index (χ3n) is 0.213. The third-order valence-corrected chi connectivity index (χ3v) is 1.58. The summed E-state index contributed by atoms with van der Waals surface area (Å²) in [7, 11) is 0. The van der Waals surface area contributed by atoms with E-state index in [1.807, 2.05) is 0 Å². The van der Waals surface area contributed by atoms with Crippen molar-refractivity contribution in [1.29, 1.82) is 0 Å². The summed E-state index contributed by atoms with van der Waals surface area (Å²) in [6.07, 6.45) is 0. The third kappa shape index (κ3) is 2.60. The molecule has 0 aliphatic carbocycles. The van der Waals surface area contributed by atoms with Gasteiger partial charge in [0.25, 0.3) is 0 Å². The molecule has 0 aromatic heterocycles. The topological polar surface area (TPSA) is 17.1 Å². The van der Waals surface area contributed by atoms with Gasteiger partial charge < -0.3 is 0 Å². The fraction of sp³-hybridized carbons (Fsp3) is 0. The second-order valence-electron chi connectivity index (χ2n) is 0.679. The molecule has 0 rings (SSSR count). The molecule has 0 radical (unpaired) electrons. The summed E-state index contributed by atoms with van der Waals surface area (Å²) in [5.41, 5.74) is 0. The van der Waals surface area contributed by atoms with Crippen molar-refractivity contribution >= 4 is 36.6 Å². The molecule has 0 amide bonds. The molecule has 0 aromatic rings. The van der Waals surface area contributed by atoms with Crippen LogP contribution in [0, 0.1) is 0 Å². The van der Waals surface area contributed by atoms with Crippen molar-refractivity contribution in [3.63, 3.8) is 0 Å². The summed E-state index contributed by atoms with van der Waals surface area (Å²) >= 11 is 5.50. The van der Waals surface area contributed by atoms with Gasteiger partial charge in [-0.15, -0.1) is 0 Å². The largest absolute Gasteiger partial charge is 0.280 e. The van der Waals surface area contributed by atoms with Gasteiger partial charge in [-0.3, -0.25) is 4.79 Å². The molecule has 34 valence electrons. The van der Waals surface area contributed by atoms with Gasteiger partial charge in [0.05, 0.1) is 4.48 Å². The van der Waals surface area contributed by atoms with Crippen LogP contribution in [-0.4, -0.2) is 4.69 Å². The van der Waals surface area contributed by atoms with E-state index in [0.717, 1.165) is 0 Å². The molecule has 0 saturated carbocycles. The van der Waals surface area contributed by atoms with Crippen LogP contribution in [0.2, 0.25) is 0 Å². The first kappa shape index (κ1) is 6.37. The Labute approximate surface area is 52.7 Å². The standard InChI is InChI=1S/C3H2Br2O/c1-2(4)3(5)6/h1H2. The van der Waals surface area contributed by atoms with Crippen LogP contribution < -0.4 is 0 Å². The molecule has 0 bridgehead atoms. The van der Waals surface area contributed by atoms with Gasteiger partial charge in [0.15, 0.2) is 0 Å². The molecule has 0 fully saturated rings. The molecule has 0 N–H and O–H groups in total. The van der Waals surface area contributed by atoms with Crippen molar-refractivity contribution < 1.29 is 4.79 Å². The van der Waals surface area contributed by atoms with Crippen LogP contribution in [0.5, 0.6) is 0 Å². The van der Waals surface area contributed by atoms with Crippen molar-refractivity contribution in [3.05, 3.63) is 11.1 Å².